The average molecular weight is 366 g/mol. The molecule has 2 atom stereocenters. The van der Waals surface area contributed by atoms with Crippen LogP contribution >= 0.6 is 0 Å². The molecule has 0 spiro atoms. The number of fused-ring (bicyclic) bond motifs is 3. The minimum atomic E-state index is 0.141. The first-order chi connectivity index (χ1) is 13.2. The summed E-state index contributed by atoms with van der Waals surface area (Å²) in [7, 11) is 0. The lowest BCUT2D eigenvalue weighted by molar-refractivity contribution is -0.114. The van der Waals surface area contributed by atoms with Crippen molar-refractivity contribution >= 4 is 22.6 Å². The molecular weight excluding hydrogens is 340 g/mol. The van der Waals surface area contributed by atoms with E-state index in [1.807, 2.05) is 13.0 Å². The Hall–Kier alpha value is -2.50. The number of aryl methyl sites for hydroxylation is 1. The number of hydrogen-bond acceptors (Lipinski definition) is 6. The van der Waals surface area contributed by atoms with Gasteiger partial charge in [-0.3, -0.25) is 4.79 Å². The molecule has 1 fully saturated rings. The number of allylic oxidation sites excluding steroid dienone is 1. The first-order valence-corrected chi connectivity index (χ1v) is 9.85. The molecule has 2 aliphatic rings. The van der Waals surface area contributed by atoms with Crippen LogP contribution in [0.5, 0.6) is 5.75 Å². The van der Waals surface area contributed by atoms with E-state index in [1.165, 1.54) is 6.08 Å². The average Bonchev–Trinajstić information content (AvgIpc) is 3.41. The van der Waals surface area contributed by atoms with Gasteiger partial charge in [0.15, 0.2) is 17.4 Å². The van der Waals surface area contributed by atoms with Crippen molar-refractivity contribution in [3.8, 4) is 5.75 Å². The smallest absolute Gasteiger partial charge is 0.172 e. The molecule has 27 heavy (non-hydrogen) atoms. The van der Waals surface area contributed by atoms with Crippen molar-refractivity contribution < 1.29 is 9.53 Å². The zero-order chi connectivity index (χ0) is 18.8. The Labute approximate surface area is 159 Å². The summed E-state index contributed by atoms with van der Waals surface area (Å²) in [5.74, 6) is 2.51. The highest BCUT2D eigenvalue weighted by Crippen LogP contribution is 2.43. The molecule has 0 bridgehead atoms. The predicted molar refractivity (Wildman–Crippen MR) is 105 cm³/mol. The number of pyridine rings is 1. The minimum Gasteiger partial charge on any atom is -0.486 e. The van der Waals surface area contributed by atoms with Gasteiger partial charge in [-0.15, -0.1) is 0 Å². The Balaban J connectivity index is 1.44. The third kappa shape index (κ3) is 3.94. The van der Waals surface area contributed by atoms with Crippen LogP contribution in [0.4, 0.5) is 5.82 Å². The molecule has 1 aliphatic carbocycles. The third-order valence-corrected chi connectivity index (χ3v) is 5.46. The fourth-order valence-corrected chi connectivity index (χ4v) is 3.74. The predicted octanol–water partition coefficient (Wildman–Crippen LogP) is 3.63. The van der Waals surface area contributed by atoms with Gasteiger partial charge < -0.3 is 9.64 Å². The number of ether oxygens (including phenoxy) is 1. The molecule has 6 nitrogen and oxygen atoms in total. The molecule has 142 valence electrons. The Morgan fingerprint density at radius 3 is 3.04 bits per heavy atom. The van der Waals surface area contributed by atoms with E-state index in [-0.39, 0.29) is 5.78 Å². The van der Waals surface area contributed by atoms with Crippen LogP contribution < -0.4 is 9.64 Å². The first kappa shape index (κ1) is 17.9. The second-order valence-corrected chi connectivity index (χ2v) is 7.57. The highest BCUT2D eigenvalue weighted by molar-refractivity contribution is 5.88. The number of nitrogens with zero attached hydrogens (tertiary/aromatic N) is 4. The fraction of sp³-hybridized carbons (Fsp3) is 0.524. The molecular formula is C21H26N4O2. The number of anilines is 1. The lowest BCUT2D eigenvalue weighted by Crippen LogP contribution is -2.27. The Bertz CT molecular complexity index is 867. The van der Waals surface area contributed by atoms with Gasteiger partial charge in [-0.1, -0.05) is 19.4 Å². The van der Waals surface area contributed by atoms with E-state index in [1.54, 1.807) is 6.33 Å². The number of rotatable bonds is 8. The first-order valence-electron chi connectivity index (χ1n) is 9.85. The maximum absolute atomic E-state index is 11.3. The third-order valence-electron chi connectivity index (χ3n) is 5.46. The van der Waals surface area contributed by atoms with Crippen molar-refractivity contribution in [3.05, 3.63) is 30.7 Å². The van der Waals surface area contributed by atoms with Crippen molar-refractivity contribution in [3.63, 3.8) is 0 Å². The molecule has 1 saturated carbocycles. The summed E-state index contributed by atoms with van der Waals surface area (Å²) in [4.78, 5) is 27.2. The lowest BCUT2D eigenvalue weighted by atomic mass is 10.1. The summed E-state index contributed by atoms with van der Waals surface area (Å²) in [5, 5.41) is 0. The van der Waals surface area contributed by atoms with E-state index >= 15 is 0 Å². The van der Waals surface area contributed by atoms with Crippen molar-refractivity contribution in [2.24, 2.45) is 5.92 Å². The van der Waals surface area contributed by atoms with Gasteiger partial charge in [0.25, 0.3) is 0 Å². The molecule has 0 amide bonds. The second kappa shape index (κ2) is 7.62. The van der Waals surface area contributed by atoms with Crippen molar-refractivity contribution in [2.75, 3.05) is 18.0 Å². The molecule has 0 radical (unpaired) electrons. The van der Waals surface area contributed by atoms with Crippen LogP contribution in [-0.4, -0.2) is 39.9 Å². The molecule has 0 N–H and O–H groups in total. The standard InChI is InChI=1S/C21H26N4O2/c1-3-16(26)8-6-4-5-7-9-25-12-15-10-18(15)27-19-11-17-20(24-21(19)25)14(2)22-13-23-17/h3,11,13,15,18H,1,4-10,12H2,2H3. The van der Waals surface area contributed by atoms with E-state index in [0.717, 1.165) is 73.5 Å². The van der Waals surface area contributed by atoms with Gasteiger partial charge in [0.2, 0.25) is 0 Å². The fourth-order valence-electron chi connectivity index (χ4n) is 3.74. The van der Waals surface area contributed by atoms with Gasteiger partial charge in [-0.05, 0) is 32.3 Å². The van der Waals surface area contributed by atoms with Gasteiger partial charge in [0.05, 0.1) is 11.2 Å². The Kier molecular flexibility index (Phi) is 5.05. The largest absolute Gasteiger partial charge is 0.486 e. The summed E-state index contributed by atoms with van der Waals surface area (Å²) >= 11 is 0. The molecule has 2 aromatic heterocycles. The monoisotopic (exact) mass is 366 g/mol. The van der Waals surface area contributed by atoms with Crippen LogP contribution in [0.3, 0.4) is 0 Å². The summed E-state index contributed by atoms with van der Waals surface area (Å²) in [6.45, 7) is 7.44. The quantitative estimate of drug-likeness (QED) is 0.525. The van der Waals surface area contributed by atoms with Crippen LogP contribution in [-0.2, 0) is 4.79 Å². The molecule has 6 heteroatoms. The molecule has 0 aromatic carbocycles. The Morgan fingerprint density at radius 2 is 2.19 bits per heavy atom. The Morgan fingerprint density at radius 1 is 1.33 bits per heavy atom. The maximum Gasteiger partial charge on any atom is 0.172 e. The summed E-state index contributed by atoms with van der Waals surface area (Å²) in [5.41, 5.74) is 2.58. The van der Waals surface area contributed by atoms with Gasteiger partial charge in [-0.2, -0.15) is 0 Å². The van der Waals surface area contributed by atoms with Gasteiger partial charge in [-0.25, -0.2) is 15.0 Å². The number of unbranched alkanes of at least 4 members (excludes halogenated alkanes) is 3. The van der Waals surface area contributed by atoms with E-state index in [9.17, 15) is 4.79 Å². The van der Waals surface area contributed by atoms with Crippen LogP contribution in [0.15, 0.2) is 25.0 Å². The number of hydrogen-bond donors (Lipinski definition) is 0. The SMILES string of the molecule is C=CC(=O)CCCCCCN1CC2CC2Oc2cc3ncnc(C)c3nc21. The van der Waals surface area contributed by atoms with E-state index in [0.29, 0.717) is 18.4 Å². The van der Waals surface area contributed by atoms with Crippen LogP contribution in [0.25, 0.3) is 11.0 Å². The lowest BCUT2D eigenvalue weighted by Gasteiger charge is -2.24. The molecule has 4 rings (SSSR count). The molecule has 2 unspecified atom stereocenters. The highest BCUT2D eigenvalue weighted by atomic mass is 16.5. The van der Waals surface area contributed by atoms with Crippen molar-refractivity contribution in [1.82, 2.24) is 15.0 Å². The van der Waals surface area contributed by atoms with E-state index in [4.69, 9.17) is 9.72 Å². The summed E-state index contributed by atoms with van der Waals surface area (Å²) in [6.07, 6.45) is 9.26. The highest BCUT2D eigenvalue weighted by Gasteiger charge is 2.44. The van der Waals surface area contributed by atoms with Gasteiger partial charge in [0, 0.05) is 31.5 Å². The zero-order valence-corrected chi connectivity index (χ0v) is 15.9. The normalized spacial score (nSPS) is 20.4. The van der Waals surface area contributed by atoms with E-state index < -0.39 is 0 Å². The molecule has 3 heterocycles. The number of aromatic nitrogens is 3. The van der Waals surface area contributed by atoms with Crippen LogP contribution in [0.2, 0.25) is 0 Å². The number of ketones is 1. The number of carbonyl (C=O) groups is 1. The van der Waals surface area contributed by atoms with Crippen LogP contribution in [0.1, 0.15) is 44.2 Å². The molecule has 0 saturated heterocycles. The zero-order valence-electron chi connectivity index (χ0n) is 15.9. The summed E-state index contributed by atoms with van der Waals surface area (Å²) < 4.78 is 6.18. The number of carbonyl (C=O) groups excluding carboxylic acids is 1. The van der Waals surface area contributed by atoms with Crippen LogP contribution in [0, 0.1) is 12.8 Å². The van der Waals surface area contributed by atoms with Gasteiger partial charge in [0.1, 0.15) is 17.9 Å². The molecule has 1 aliphatic heterocycles. The van der Waals surface area contributed by atoms with Crippen molar-refractivity contribution in [2.45, 2.75) is 51.6 Å². The minimum absolute atomic E-state index is 0.141. The topological polar surface area (TPSA) is 68.2 Å². The summed E-state index contributed by atoms with van der Waals surface area (Å²) in [6, 6.07) is 2.01. The van der Waals surface area contributed by atoms with Crippen molar-refractivity contribution in [1.29, 1.82) is 0 Å². The van der Waals surface area contributed by atoms with E-state index in [2.05, 4.69) is 21.4 Å². The second-order valence-electron chi connectivity index (χ2n) is 7.57. The van der Waals surface area contributed by atoms with Gasteiger partial charge >= 0.3 is 0 Å². The maximum atomic E-state index is 11.3. The molecule has 2 aromatic rings.